The summed E-state index contributed by atoms with van der Waals surface area (Å²) in [4.78, 5) is 27.1. The Morgan fingerprint density at radius 3 is 2.32 bits per heavy atom. The van der Waals surface area contributed by atoms with Crippen LogP contribution in [0.2, 0.25) is 0 Å². The number of nitrogens with zero attached hydrogens (tertiary/aromatic N) is 1. The quantitative estimate of drug-likeness (QED) is 0.570. The Kier molecular flexibility index (Phi) is 5.94. The fourth-order valence-electron chi connectivity index (χ4n) is 3.25. The zero-order valence-electron chi connectivity index (χ0n) is 16.3. The topological polar surface area (TPSA) is 55.8 Å². The second kappa shape index (κ2) is 8.57. The van der Waals surface area contributed by atoms with Crippen molar-refractivity contribution in [3.05, 3.63) is 82.6 Å². The normalized spacial score (nSPS) is 15.3. The summed E-state index contributed by atoms with van der Waals surface area (Å²) in [5.41, 5.74) is 3.25. The minimum atomic E-state index is -0.500. The first-order chi connectivity index (χ1) is 13.5. The van der Waals surface area contributed by atoms with Gasteiger partial charge in [-0.05, 0) is 42.7 Å². The summed E-state index contributed by atoms with van der Waals surface area (Å²) in [6.07, 6.45) is 2.41. The molecule has 144 valence electrons. The van der Waals surface area contributed by atoms with Gasteiger partial charge < -0.3 is 14.4 Å². The lowest BCUT2D eigenvalue weighted by Gasteiger charge is -2.18. The molecular weight excluding hydrogens is 354 g/mol. The fourth-order valence-corrected chi connectivity index (χ4v) is 3.25. The van der Waals surface area contributed by atoms with E-state index in [-0.39, 0.29) is 5.91 Å². The van der Waals surface area contributed by atoms with Gasteiger partial charge in [-0.1, -0.05) is 42.5 Å². The van der Waals surface area contributed by atoms with Crippen LogP contribution in [-0.2, 0) is 20.7 Å². The number of ether oxygens (including phenoxy) is 2. The van der Waals surface area contributed by atoms with Crippen LogP contribution in [-0.4, -0.2) is 37.5 Å². The van der Waals surface area contributed by atoms with Crippen LogP contribution in [0.3, 0.4) is 0 Å². The number of esters is 1. The molecule has 1 heterocycles. The summed E-state index contributed by atoms with van der Waals surface area (Å²) in [5, 5.41) is 0. The lowest BCUT2D eigenvalue weighted by atomic mass is 10.0. The van der Waals surface area contributed by atoms with Gasteiger partial charge in [-0.3, -0.25) is 4.79 Å². The first-order valence-corrected chi connectivity index (χ1v) is 9.06. The number of carbonyl (C=O) groups excluding carboxylic acids is 2. The smallest absolute Gasteiger partial charge is 0.340 e. The van der Waals surface area contributed by atoms with Gasteiger partial charge >= 0.3 is 5.97 Å². The third-order valence-corrected chi connectivity index (χ3v) is 4.79. The maximum absolute atomic E-state index is 13.1. The van der Waals surface area contributed by atoms with E-state index in [0.29, 0.717) is 29.8 Å². The predicted molar refractivity (Wildman–Crippen MR) is 108 cm³/mol. The van der Waals surface area contributed by atoms with Crippen molar-refractivity contribution in [1.29, 1.82) is 0 Å². The van der Waals surface area contributed by atoms with E-state index in [1.165, 1.54) is 7.11 Å². The Balaban J connectivity index is 1.87. The lowest BCUT2D eigenvalue weighted by molar-refractivity contribution is -0.136. The molecule has 0 radical (unpaired) electrons. The van der Waals surface area contributed by atoms with Gasteiger partial charge in [-0.15, -0.1) is 0 Å². The molecule has 1 aliphatic heterocycles. The molecule has 5 nitrogen and oxygen atoms in total. The summed E-state index contributed by atoms with van der Waals surface area (Å²) in [6.45, 7) is 2.26. The van der Waals surface area contributed by atoms with Crippen molar-refractivity contribution < 1.29 is 19.1 Å². The molecule has 0 saturated carbocycles. The summed E-state index contributed by atoms with van der Waals surface area (Å²) >= 11 is 0. The highest BCUT2D eigenvalue weighted by Crippen LogP contribution is 2.31. The monoisotopic (exact) mass is 377 g/mol. The second-order valence-corrected chi connectivity index (χ2v) is 6.48. The van der Waals surface area contributed by atoms with Crippen LogP contribution < -0.4 is 4.74 Å². The van der Waals surface area contributed by atoms with Crippen LogP contribution in [0.4, 0.5) is 0 Å². The van der Waals surface area contributed by atoms with Crippen molar-refractivity contribution in [1.82, 2.24) is 4.90 Å². The Morgan fingerprint density at radius 2 is 1.71 bits per heavy atom. The molecule has 0 spiro atoms. The van der Waals surface area contributed by atoms with Crippen LogP contribution in [0.15, 0.2) is 71.4 Å². The number of benzene rings is 2. The minimum absolute atomic E-state index is 0.185. The van der Waals surface area contributed by atoms with Gasteiger partial charge in [0.05, 0.1) is 25.4 Å². The average molecular weight is 377 g/mol. The van der Waals surface area contributed by atoms with Crippen LogP contribution in [0, 0.1) is 0 Å². The Labute approximate surface area is 164 Å². The average Bonchev–Trinajstić information content (AvgIpc) is 2.96. The van der Waals surface area contributed by atoms with Crippen LogP contribution >= 0.6 is 0 Å². The molecule has 1 amide bonds. The fraction of sp³-hybridized carbons (Fsp3) is 0.217. The number of hydrogen-bond donors (Lipinski definition) is 0. The van der Waals surface area contributed by atoms with E-state index in [1.807, 2.05) is 54.6 Å². The predicted octanol–water partition coefficient (Wildman–Crippen LogP) is 3.61. The summed E-state index contributed by atoms with van der Waals surface area (Å²) < 4.78 is 10.1. The number of allylic oxidation sites excluding steroid dienone is 1. The Bertz CT molecular complexity index is 927. The van der Waals surface area contributed by atoms with Gasteiger partial charge in [0.15, 0.2) is 0 Å². The summed E-state index contributed by atoms with van der Waals surface area (Å²) in [6, 6.07) is 17.2. The lowest BCUT2D eigenvalue weighted by Crippen LogP contribution is -2.27. The van der Waals surface area contributed by atoms with Gasteiger partial charge in [0.1, 0.15) is 5.75 Å². The molecule has 5 heteroatoms. The highest BCUT2D eigenvalue weighted by molar-refractivity contribution is 6.16. The molecule has 3 rings (SSSR count). The maximum Gasteiger partial charge on any atom is 0.340 e. The van der Waals surface area contributed by atoms with E-state index in [4.69, 9.17) is 9.47 Å². The zero-order chi connectivity index (χ0) is 20.1. The SMILES string of the molecule is COC(=O)C1=C(C)N(CCc2ccc(OC)cc2)C(=O)C1=Cc1ccccc1. The van der Waals surface area contributed by atoms with Crippen molar-refractivity contribution in [2.75, 3.05) is 20.8 Å². The summed E-state index contributed by atoms with van der Waals surface area (Å²) in [5.74, 6) is 0.105. The first-order valence-electron chi connectivity index (χ1n) is 9.06. The minimum Gasteiger partial charge on any atom is -0.497 e. The molecule has 0 fully saturated rings. The molecule has 0 saturated heterocycles. The van der Waals surface area contributed by atoms with Gasteiger partial charge in [0, 0.05) is 12.2 Å². The molecule has 2 aromatic carbocycles. The van der Waals surface area contributed by atoms with Crippen molar-refractivity contribution >= 4 is 18.0 Å². The van der Waals surface area contributed by atoms with Crippen LogP contribution in [0.5, 0.6) is 5.75 Å². The van der Waals surface area contributed by atoms with E-state index in [1.54, 1.807) is 25.0 Å². The van der Waals surface area contributed by atoms with Crippen LogP contribution in [0.25, 0.3) is 6.08 Å². The first kappa shape index (κ1) is 19.4. The highest BCUT2D eigenvalue weighted by Gasteiger charge is 2.36. The third kappa shape index (κ3) is 3.98. The van der Waals surface area contributed by atoms with Gasteiger partial charge in [-0.25, -0.2) is 4.79 Å². The zero-order valence-corrected chi connectivity index (χ0v) is 16.3. The number of amides is 1. The Hall–Kier alpha value is -3.34. The Morgan fingerprint density at radius 1 is 1.04 bits per heavy atom. The summed E-state index contributed by atoms with van der Waals surface area (Å²) in [7, 11) is 2.95. The number of methoxy groups -OCH3 is 2. The third-order valence-electron chi connectivity index (χ3n) is 4.79. The molecule has 0 atom stereocenters. The maximum atomic E-state index is 13.1. The van der Waals surface area contributed by atoms with Gasteiger partial charge in [-0.2, -0.15) is 0 Å². The van der Waals surface area contributed by atoms with Crippen LogP contribution in [0.1, 0.15) is 18.1 Å². The molecule has 1 aliphatic rings. The van der Waals surface area contributed by atoms with E-state index in [0.717, 1.165) is 16.9 Å². The standard InChI is InChI=1S/C23H23NO4/c1-16-21(23(26)28-3)20(15-18-7-5-4-6-8-18)22(25)24(16)14-13-17-9-11-19(27-2)12-10-17/h4-12,15H,13-14H2,1-3H3. The van der Waals surface area contributed by atoms with Crippen molar-refractivity contribution in [2.45, 2.75) is 13.3 Å². The molecule has 0 aliphatic carbocycles. The van der Waals surface area contributed by atoms with Gasteiger partial charge in [0.25, 0.3) is 5.91 Å². The molecule has 28 heavy (non-hydrogen) atoms. The molecule has 2 aromatic rings. The van der Waals surface area contributed by atoms with Crippen molar-refractivity contribution in [3.8, 4) is 5.75 Å². The number of rotatable bonds is 6. The number of hydrogen-bond acceptors (Lipinski definition) is 4. The van der Waals surface area contributed by atoms with E-state index < -0.39 is 5.97 Å². The molecule has 0 bridgehead atoms. The van der Waals surface area contributed by atoms with E-state index >= 15 is 0 Å². The van der Waals surface area contributed by atoms with E-state index in [2.05, 4.69) is 0 Å². The molecule has 0 unspecified atom stereocenters. The molecular formula is C23H23NO4. The second-order valence-electron chi connectivity index (χ2n) is 6.48. The van der Waals surface area contributed by atoms with Crippen molar-refractivity contribution in [3.63, 3.8) is 0 Å². The van der Waals surface area contributed by atoms with Gasteiger partial charge in [0.2, 0.25) is 0 Å². The number of carbonyl (C=O) groups is 2. The van der Waals surface area contributed by atoms with Crippen molar-refractivity contribution in [2.24, 2.45) is 0 Å². The molecule has 0 N–H and O–H groups in total. The molecule has 0 aromatic heterocycles. The van der Waals surface area contributed by atoms with E-state index in [9.17, 15) is 9.59 Å². The highest BCUT2D eigenvalue weighted by atomic mass is 16.5. The largest absolute Gasteiger partial charge is 0.497 e.